The molecule has 3 aromatic rings. The summed E-state index contributed by atoms with van der Waals surface area (Å²) in [5.74, 6) is 0.432. The van der Waals surface area contributed by atoms with Crippen LogP contribution in [0.2, 0.25) is 0 Å². The topological polar surface area (TPSA) is 135 Å². The predicted octanol–water partition coefficient (Wildman–Crippen LogP) is 4.21. The van der Waals surface area contributed by atoms with Gasteiger partial charge in [-0.2, -0.15) is 0 Å². The summed E-state index contributed by atoms with van der Waals surface area (Å²) in [6.07, 6.45) is 6.98. The maximum atomic E-state index is 13.2. The normalized spacial score (nSPS) is 15.9. The van der Waals surface area contributed by atoms with Crippen molar-refractivity contribution in [2.45, 2.75) is 53.3 Å². The molecule has 3 aromatic heterocycles. The quantitative estimate of drug-likeness (QED) is 0.366. The standard InChI is InChI=1S/C22H23FN8O2.C3H6O.C2H6/c1-4-8-25-19(5-2)30-9-6-7-14(22(30)33)27-18-11-16(24-3)20-26-12-17(31(20)29-18)21(32)28-15-10-13(15)23;1-3(2)4;1-2/h4-9,11-13,15,24H,1,10H2,2-3H3,(H,27,29)(H,28,32);1-2H3;1-2H3/b19-5+,25-8-;;. The van der Waals surface area contributed by atoms with E-state index in [0.717, 1.165) is 0 Å². The molecule has 3 N–H and O–H groups in total. The highest BCUT2D eigenvalue weighted by molar-refractivity contribution is 5.94. The second kappa shape index (κ2) is 14.4. The summed E-state index contributed by atoms with van der Waals surface area (Å²) in [6, 6.07) is 4.50. The van der Waals surface area contributed by atoms with Crippen molar-refractivity contribution in [1.82, 2.24) is 24.5 Å². The number of hydrogen-bond acceptors (Lipinski definition) is 8. The van der Waals surface area contributed by atoms with Gasteiger partial charge in [-0.3, -0.25) is 14.2 Å². The van der Waals surface area contributed by atoms with Gasteiger partial charge in [-0.15, -0.1) is 5.10 Å². The number of rotatable bonds is 8. The van der Waals surface area contributed by atoms with Gasteiger partial charge in [0.15, 0.2) is 17.2 Å². The molecule has 208 valence electrons. The number of nitrogens with zero attached hydrogens (tertiary/aromatic N) is 5. The van der Waals surface area contributed by atoms with Gasteiger partial charge in [0.05, 0.1) is 17.9 Å². The number of amides is 1. The average Bonchev–Trinajstić information content (AvgIpc) is 3.43. The molecule has 0 bridgehead atoms. The number of ketones is 1. The Morgan fingerprint density at radius 1 is 1.26 bits per heavy atom. The summed E-state index contributed by atoms with van der Waals surface area (Å²) < 4.78 is 16.0. The largest absolute Gasteiger partial charge is 0.385 e. The molecule has 1 amide bonds. The number of imidazole rings is 1. The molecular weight excluding hydrogens is 503 g/mol. The van der Waals surface area contributed by atoms with Crippen LogP contribution >= 0.6 is 0 Å². The van der Waals surface area contributed by atoms with Gasteiger partial charge in [-0.1, -0.05) is 26.5 Å². The van der Waals surface area contributed by atoms with Crippen LogP contribution in [0.5, 0.6) is 0 Å². The van der Waals surface area contributed by atoms with E-state index in [4.69, 9.17) is 0 Å². The molecule has 11 nitrogen and oxygen atoms in total. The molecule has 1 fully saturated rings. The van der Waals surface area contributed by atoms with Gasteiger partial charge in [0, 0.05) is 31.9 Å². The zero-order chi connectivity index (χ0) is 29.1. The van der Waals surface area contributed by atoms with Crippen molar-refractivity contribution < 1.29 is 14.0 Å². The Labute approximate surface area is 226 Å². The third-order valence-corrected chi connectivity index (χ3v) is 5.03. The summed E-state index contributed by atoms with van der Waals surface area (Å²) in [4.78, 5) is 43.5. The molecule has 1 saturated carbocycles. The summed E-state index contributed by atoms with van der Waals surface area (Å²) in [5.41, 5.74) is 1.07. The van der Waals surface area contributed by atoms with Crippen molar-refractivity contribution in [2.24, 2.45) is 4.99 Å². The number of aromatic nitrogens is 4. The Balaban J connectivity index is 0.000000815. The molecule has 0 saturated heterocycles. The molecule has 3 heterocycles. The lowest BCUT2D eigenvalue weighted by Gasteiger charge is -2.12. The van der Waals surface area contributed by atoms with Gasteiger partial charge >= 0.3 is 0 Å². The zero-order valence-corrected chi connectivity index (χ0v) is 23.0. The van der Waals surface area contributed by atoms with Crippen LogP contribution in [0.15, 0.2) is 59.1 Å². The number of fused-ring (bicyclic) bond motifs is 1. The summed E-state index contributed by atoms with van der Waals surface area (Å²) in [5, 5.41) is 13.1. The number of carbonyl (C=O) groups is 2. The molecule has 0 aliphatic heterocycles. The van der Waals surface area contributed by atoms with E-state index in [-0.39, 0.29) is 22.7 Å². The molecule has 4 rings (SSSR count). The van der Waals surface area contributed by atoms with E-state index in [2.05, 4.69) is 37.6 Å². The highest BCUT2D eigenvalue weighted by Crippen LogP contribution is 2.26. The third-order valence-electron chi connectivity index (χ3n) is 5.03. The molecule has 0 radical (unpaired) electrons. The molecule has 39 heavy (non-hydrogen) atoms. The maximum absolute atomic E-state index is 13.2. The second-order valence-corrected chi connectivity index (χ2v) is 8.19. The summed E-state index contributed by atoms with van der Waals surface area (Å²) in [7, 11) is 1.71. The van der Waals surface area contributed by atoms with Crippen molar-refractivity contribution in [2.75, 3.05) is 17.7 Å². The fraction of sp³-hybridized carbons (Fsp3) is 0.333. The Bertz CT molecular complexity index is 1440. The van der Waals surface area contributed by atoms with E-state index in [1.807, 2.05) is 13.8 Å². The lowest BCUT2D eigenvalue weighted by atomic mass is 10.3. The van der Waals surface area contributed by atoms with Gasteiger partial charge in [0.25, 0.3) is 11.5 Å². The van der Waals surface area contributed by atoms with E-state index in [0.29, 0.717) is 29.4 Å². The minimum absolute atomic E-state index is 0.157. The molecule has 0 spiro atoms. The van der Waals surface area contributed by atoms with Gasteiger partial charge in [0.1, 0.15) is 23.5 Å². The van der Waals surface area contributed by atoms with E-state index >= 15 is 0 Å². The number of nitrogens with one attached hydrogen (secondary N) is 3. The van der Waals surface area contributed by atoms with Gasteiger partial charge in [0.2, 0.25) is 0 Å². The number of alkyl halides is 1. The molecule has 2 unspecified atom stereocenters. The molecule has 12 heteroatoms. The first kappa shape index (κ1) is 30.6. The van der Waals surface area contributed by atoms with E-state index in [9.17, 15) is 18.8 Å². The number of allylic oxidation sites excluding steroid dienone is 2. The number of aliphatic imine (C=N–C) groups is 1. The number of anilines is 3. The van der Waals surface area contributed by atoms with Crippen LogP contribution in [0.25, 0.3) is 11.5 Å². The summed E-state index contributed by atoms with van der Waals surface area (Å²) >= 11 is 0. The average molecular weight is 539 g/mol. The number of halogens is 1. The Kier molecular flexibility index (Phi) is 11.3. The Morgan fingerprint density at radius 3 is 2.49 bits per heavy atom. The predicted molar refractivity (Wildman–Crippen MR) is 154 cm³/mol. The second-order valence-electron chi connectivity index (χ2n) is 8.19. The van der Waals surface area contributed by atoms with Crippen LogP contribution < -0.4 is 21.5 Å². The van der Waals surface area contributed by atoms with Crippen molar-refractivity contribution in [3.05, 3.63) is 65.4 Å². The van der Waals surface area contributed by atoms with Crippen LogP contribution in [0, 0.1) is 0 Å². The first-order valence-corrected chi connectivity index (χ1v) is 12.5. The number of pyridine rings is 1. The molecule has 0 aromatic carbocycles. The van der Waals surface area contributed by atoms with E-state index < -0.39 is 18.1 Å². The van der Waals surface area contributed by atoms with E-state index in [1.54, 1.807) is 44.4 Å². The van der Waals surface area contributed by atoms with E-state index in [1.165, 1.54) is 41.4 Å². The van der Waals surface area contributed by atoms with Gasteiger partial charge < -0.3 is 20.7 Å². The minimum Gasteiger partial charge on any atom is -0.385 e. The van der Waals surface area contributed by atoms with Crippen LogP contribution in [0.1, 0.15) is 51.5 Å². The molecule has 1 aliphatic carbocycles. The van der Waals surface area contributed by atoms with Crippen molar-refractivity contribution >= 4 is 46.6 Å². The van der Waals surface area contributed by atoms with Crippen LogP contribution in [-0.4, -0.2) is 56.3 Å². The highest BCUT2D eigenvalue weighted by Gasteiger charge is 2.39. The summed E-state index contributed by atoms with van der Waals surface area (Å²) in [6.45, 7) is 12.4. The smallest absolute Gasteiger partial charge is 0.279 e. The fourth-order valence-corrected chi connectivity index (χ4v) is 3.24. The van der Waals surface area contributed by atoms with Crippen molar-refractivity contribution in [3.8, 4) is 0 Å². The molecular formula is C27H35FN8O3. The zero-order valence-electron chi connectivity index (χ0n) is 23.0. The fourth-order valence-electron chi connectivity index (χ4n) is 3.24. The molecule has 2 atom stereocenters. The Morgan fingerprint density at radius 2 is 1.92 bits per heavy atom. The van der Waals surface area contributed by atoms with Crippen molar-refractivity contribution in [1.29, 1.82) is 0 Å². The highest BCUT2D eigenvalue weighted by atomic mass is 19.1. The third kappa shape index (κ3) is 7.94. The SMILES string of the molecule is C=C/C=N\C(=C/C)n1cccc(Nc2cc(NC)c3ncc(C(=O)NC4CC4F)n3n2)c1=O.CC.CC(C)=O. The lowest BCUT2D eigenvalue weighted by molar-refractivity contribution is -0.115. The minimum atomic E-state index is -1.02. The first-order valence-electron chi connectivity index (χ1n) is 12.5. The maximum Gasteiger partial charge on any atom is 0.279 e. The monoisotopic (exact) mass is 538 g/mol. The Hall–Kier alpha value is -4.61. The number of Topliss-reactive ketones (excluding diaryl/α,β-unsaturated/α-hetero) is 1. The van der Waals surface area contributed by atoms with Crippen LogP contribution in [0.4, 0.5) is 21.6 Å². The van der Waals surface area contributed by atoms with Crippen LogP contribution in [0.3, 0.4) is 0 Å². The number of carbonyl (C=O) groups excluding carboxylic acids is 2. The first-order chi connectivity index (χ1) is 18.7. The van der Waals surface area contributed by atoms with Crippen molar-refractivity contribution in [3.63, 3.8) is 0 Å². The van der Waals surface area contributed by atoms with Gasteiger partial charge in [-0.05, 0) is 39.0 Å². The van der Waals surface area contributed by atoms with Gasteiger partial charge in [-0.25, -0.2) is 18.9 Å². The molecule has 1 aliphatic rings. The number of hydrogen-bond donors (Lipinski definition) is 3. The van der Waals surface area contributed by atoms with Crippen LogP contribution in [-0.2, 0) is 4.79 Å². The lowest BCUT2D eigenvalue weighted by Crippen LogP contribution is -2.28.